The van der Waals surface area contributed by atoms with E-state index >= 15 is 0 Å². The largest absolute Gasteiger partial charge is 0.481 e. The molecule has 0 bridgehead atoms. The number of aryl methyl sites for hydroxylation is 1. The topological polar surface area (TPSA) is 70.2 Å². The molecule has 1 atom stereocenters. The number of carboxylic acids is 1. The molecule has 0 aromatic carbocycles. The number of fused-ring (bicyclic) bond motifs is 1. The van der Waals surface area contributed by atoms with Gasteiger partial charge in [0.1, 0.15) is 0 Å². The highest BCUT2D eigenvalue weighted by atomic mass is 16.4. The summed E-state index contributed by atoms with van der Waals surface area (Å²) in [6.07, 6.45) is 1.80. The summed E-state index contributed by atoms with van der Waals surface area (Å²) in [7, 11) is 0. The number of aromatic nitrogens is 1. The van der Waals surface area contributed by atoms with Crippen molar-refractivity contribution >= 4 is 5.97 Å². The molecule has 1 aromatic rings. The van der Waals surface area contributed by atoms with Gasteiger partial charge in [-0.3, -0.25) is 9.59 Å². The molecule has 0 saturated heterocycles. The highest BCUT2D eigenvalue weighted by Gasteiger charge is 2.24. The van der Waals surface area contributed by atoms with Crippen LogP contribution in [0.3, 0.4) is 0 Å². The van der Waals surface area contributed by atoms with Gasteiger partial charge in [0.05, 0.1) is 5.92 Å². The van der Waals surface area contributed by atoms with E-state index in [9.17, 15) is 9.59 Å². The Morgan fingerprint density at radius 3 is 3.00 bits per heavy atom. The van der Waals surface area contributed by atoms with Gasteiger partial charge in [-0.15, -0.1) is 0 Å². The maximum absolute atomic E-state index is 11.0. The molecule has 2 N–H and O–H groups in total. The Morgan fingerprint density at radius 2 is 2.29 bits per heavy atom. The normalized spacial score (nSPS) is 20.1. The number of pyridine rings is 1. The number of hydrogen-bond donors (Lipinski definition) is 2. The highest BCUT2D eigenvalue weighted by Crippen LogP contribution is 2.22. The molecule has 0 radical (unpaired) electrons. The number of carboxylic acid groups (broad SMARTS) is 1. The van der Waals surface area contributed by atoms with Crippen molar-refractivity contribution in [1.29, 1.82) is 0 Å². The predicted octanol–water partition coefficient (Wildman–Crippen LogP) is 0.564. The molecule has 4 nitrogen and oxygen atoms in total. The summed E-state index contributed by atoms with van der Waals surface area (Å²) in [5.74, 6) is -1.05. The lowest BCUT2D eigenvalue weighted by Gasteiger charge is -2.20. The van der Waals surface area contributed by atoms with E-state index in [1.165, 1.54) is 6.07 Å². The zero-order valence-corrected chi connectivity index (χ0v) is 7.62. The number of rotatable bonds is 1. The maximum atomic E-state index is 11.0. The minimum Gasteiger partial charge on any atom is -0.481 e. The van der Waals surface area contributed by atoms with Crippen LogP contribution in [0, 0.1) is 5.92 Å². The molecule has 0 amide bonds. The molecular formula is C10H11NO3. The molecule has 74 valence electrons. The van der Waals surface area contributed by atoms with E-state index in [-0.39, 0.29) is 11.5 Å². The standard InChI is InChI=1S/C10H11NO3/c12-9-4-2-6-5-7(10(13)14)1-3-8(6)11-9/h2,4,7H,1,3,5H2,(H,11,12)(H,13,14). The molecule has 0 saturated carbocycles. The molecule has 2 rings (SSSR count). The van der Waals surface area contributed by atoms with Crippen LogP contribution in [0.1, 0.15) is 17.7 Å². The number of aliphatic carboxylic acids is 1. The van der Waals surface area contributed by atoms with Crippen LogP contribution in [0.5, 0.6) is 0 Å². The van der Waals surface area contributed by atoms with E-state index in [4.69, 9.17) is 5.11 Å². The average molecular weight is 193 g/mol. The fraction of sp³-hybridized carbons (Fsp3) is 0.400. The SMILES string of the molecule is O=C(O)C1CCc2[nH]c(=O)ccc2C1. The number of H-pyrrole nitrogens is 1. The molecule has 1 unspecified atom stereocenters. The van der Waals surface area contributed by atoms with Crippen molar-refractivity contribution < 1.29 is 9.90 Å². The first-order valence-corrected chi connectivity index (χ1v) is 4.60. The van der Waals surface area contributed by atoms with Crippen LogP contribution in [-0.2, 0) is 17.6 Å². The number of nitrogens with one attached hydrogen (secondary N) is 1. The molecule has 1 aromatic heterocycles. The predicted molar refractivity (Wildman–Crippen MR) is 50.2 cm³/mol. The fourth-order valence-electron chi connectivity index (χ4n) is 1.86. The van der Waals surface area contributed by atoms with Gasteiger partial charge in [-0.05, 0) is 24.8 Å². The zero-order valence-electron chi connectivity index (χ0n) is 7.62. The molecule has 1 aliphatic carbocycles. The summed E-state index contributed by atoms with van der Waals surface area (Å²) >= 11 is 0. The lowest BCUT2D eigenvalue weighted by atomic mass is 9.87. The van der Waals surface area contributed by atoms with Crippen LogP contribution in [0.2, 0.25) is 0 Å². The van der Waals surface area contributed by atoms with Gasteiger partial charge in [-0.2, -0.15) is 0 Å². The fourth-order valence-corrected chi connectivity index (χ4v) is 1.86. The Morgan fingerprint density at radius 1 is 1.50 bits per heavy atom. The third-order valence-corrected chi connectivity index (χ3v) is 2.66. The van der Waals surface area contributed by atoms with Gasteiger partial charge >= 0.3 is 5.97 Å². The van der Waals surface area contributed by atoms with E-state index in [1.807, 2.05) is 0 Å². The summed E-state index contributed by atoms with van der Waals surface area (Å²) in [6, 6.07) is 3.17. The van der Waals surface area contributed by atoms with Crippen molar-refractivity contribution in [3.63, 3.8) is 0 Å². The van der Waals surface area contributed by atoms with Gasteiger partial charge in [-0.1, -0.05) is 6.07 Å². The average Bonchev–Trinajstić information content (AvgIpc) is 2.16. The van der Waals surface area contributed by atoms with E-state index in [0.29, 0.717) is 19.3 Å². The van der Waals surface area contributed by atoms with Crippen LogP contribution in [0.4, 0.5) is 0 Å². The molecule has 0 aliphatic heterocycles. The van der Waals surface area contributed by atoms with E-state index in [0.717, 1.165) is 11.3 Å². The van der Waals surface area contributed by atoms with E-state index < -0.39 is 5.97 Å². The first-order valence-electron chi connectivity index (χ1n) is 4.60. The Balaban J connectivity index is 2.31. The van der Waals surface area contributed by atoms with Crippen molar-refractivity contribution in [3.8, 4) is 0 Å². The van der Waals surface area contributed by atoms with Gasteiger partial charge in [0, 0.05) is 11.8 Å². The summed E-state index contributed by atoms with van der Waals surface area (Å²) in [5, 5.41) is 8.85. The number of carbonyl (C=O) groups is 1. The Kier molecular flexibility index (Phi) is 2.11. The maximum Gasteiger partial charge on any atom is 0.306 e. The molecule has 1 aliphatic rings. The summed E-state index contributed by atoms with van der Waals surface area (Å²) in [5.41, 5.74) is 1.75. The monoisotopic (exact) mass is 193 g/mol. The smallest absolute Gasteiger partial charge is 0.306 e. The molecule has 14 heavy (non-hydrogen) atoms. The second kappa shape index (κ2) is 3.29. The third-order valence-electron chi connectivity index (χ3n) is 2.66. The minimum atomic E-state index is -0.748. The van der Waals surface area contributed by atoms with Gasteiger partial charge in [-0.25, -0.2) is 0 Å². The Hall–Kier alpha value is -1.58. The second-order valence-corrected chi connectivity index (χ2v) is 3.60. The van der Waals surface area contributed by atoms with Crippen LogP contribution < -0.4 is 5.56 Å². The van der Waals surface area contributed by atoms with E-state index in [1.54, 1.807) is 6.07 Å². The van der Waals surface area contributed by atoms with Gasteiger partial charge in [0.15, 0.2) is 0 Å². The lowest BCUT2D eigenvalue weighted by Crippen LogP contribution is -2.24. The van der Waals surface area contributed by atoms with Crippen LogP contribution >= 0.6 is 0 Å². The van der Waals surface area contributed by atoms with Crippen LogP contribution in [0.25, 0.3) is 0 Å². The molecule has 1 heterocycles. The highest BCUT2D eigenvalue weighted by molar-refractivity contribution is 5.70. The Labute approximate surface area is 80.6 Å². The molecule has 4 heteroatoms. The number of hydrogen-bond acceptors (Lipinski definition) is 2. The van der Waals surface area contributed by atoms with Crippen molar-refractivity contribution in [3.05, 3.63) is 33.7 Å². The second-order valence-electron chi connectivity index (χ2n) is 3.60. The Bertz CT molecular complexity index is 422. The molecule has 0 spiro atoms. The summed E-state index contributed by atoms with van der Waals surface area (Å²) in [6.45, 7) is 0. The van der Waals surface area contributed by atoms with Crippen LogP contribution in [0.15, 0.2) is 16.9 Å². The summed E-state index contributed by atoms with van der Waals surface area (Å²) < 4.78 is 0. The van der Waals surface area contributed by atoms with Gasteiger partial charge < -0.3 is 10.1 Å². The first kappa shape index (κ1) is 8.99. The zero-order chi connectivity index (χ0) is 10.1. The van der Waals surface area contributed by atoms with Gasteiger partial charge in [0.2, 0.25) is 5.56 Å². The third kappa shape index (κ3) is 1.55. The lowest BCUT2D eigenvalue weighted by molar-refractivity contribution is -0.142. The van der Waals surface area contributed by atoms with Crippen molar-refractivity contribution in [2.75, 3.05) is 0 Å². The molecular weight excluding hydrogens is 182 g/mol. The van der Waals surface area contributed by atoms with Crippen LogP contribution in [-0.4, -0.2) is 16.1 Å². The summed E-state index contributed by atoms with van der Waals surface area (Å²) in [4.78, 5) is 24.5. The van der Waals surface area contributed by atoms with Gasteiger partial charge in [0.25, 0.3) is 0 Å². The molecule has 0 fully saturated rings. The quantitative estimate of drug-likeness (QED) is 0.684. The van der Waals surface area contributed by atoms with Crippen molar-refractivity contribution in [2.24, 2.45) is 5.92 Å². The van der Waals surface area contributed by atoms with Crippen molar-refractivity contribution in [2.45, 2.75) is 19.3 Å². The minimum absolute atomic E-state index is 0.113. The van der Waals surface area contributed by atoms with Crippen molar-refractivity contribution in [1.82, 2.24) is 4.98 Å². The van der Waals surface area contributed by atoms with E-state index in [2.05, 4.69) is 4.98 Å². The first-order chi connectivity index (χ1) is 6.66. The number of aromatic amines is 1.